The van der Waals surface area contributed by atoms with Gasteiger partial charge < -0.3 is 24.4 Å². The van der Waals surface area contributed by atoms with Gasteiger partial charge in [0.1, 0.15) is 12.3 Å². The zero-order chi connectivity index (χ0) is 24.3. The maximum atomic E-state index is 12.8. The number of carbonyl (C=O) groups excluding carboxylic acids is 4. The van der Waals surface area contributed by atoms with Crippen molar-refractivity contribution < 1.29 is 33.4 Å². The Morgan fingerprint density at radius 3 is 2.36 bits per heavy atom. The van der Waals surface area contributed by atoms with Crippen LogP contribution in [0.5, 0.6) is 0 Å². The molecule has 1 aromatic carbocycles. The molecule has 0 aliphatic carbocycles. The quantitative estimate of drug-likeness (QED) is 0.487. The summed E-state index contributed by atoms with van der Waals surface area (Å²) in [6.07, 6.45) is -1.40. The Bertz CT molecular complexity index is 950. The Morgan fingerprint density at radius 1 is 1.15 bits per heavy atom. The highest BCUT2D eigenvalue weighted by Gasteiger charge is 2.55. The van der Waals surface area contributed by atoms with Gasteiger partial charge in [-0.15, -0.1) is 0 Å². The highest BCUT2D eigenvalue weighted by atomic mass is 16.6. The van der Waals surface area contributed by atoms with Crippen LogP contribution in [0.2, 0.25) is 0 Å². The van der Waals surface area contributed by atoms with Gasteiger partial charge in [-0.1, -0.05) is 18.2 Å². The smallest absolute Gasteiger partial charge is 0.410 e. The molecule has 10 heteroatoms. The third-order valence-electron chi connectivity index (χ3n) is 5.44. The average molecular weight is 459 g/mol. The molecule has 3 amide bonds. The summed E-state index contributed by atoms with van der Waals surface area (Å²) in [5.41, 5.74) is 0.674. The van der Waals surface area contributed by atoms with E-state index in [0.717, 1.165) is 4.90 Å². The van der Waals surface area contributed by atoms with E-state index in [9.17, 15) is 19.2 Å². The molecule has 10 nitrogen and oxygen atoms in total. The third-order valence-corrected chi connectivity index (χ3v) is 5.44. The van der Waals surface area contributed by atoms with Gasteiger partial charge >= 0.3 is 12.1 Å². The minimum absolute atomic E-state index is 0.0302. The second-order valence-electron chi connectivity index (χ2n) is 8.32. The molecule has 0 radical (unpaired) electrons. The van der Waals surface area contributed by atoms with E-state index >= 15 is 0 Å². The van der Waals surface area contributed by atoms with Crippen molar-refractivity contribution in [2.45, 2.75) is 52.0 Å². The number of nitrogens with one attached hydrogen (secondary N) is 1. The van der Waals surface area contributed by atoms with Gasteiger partial charge in [-0.05, 0) is 39.8 Å². The van der Waals surface area contributed by atoms with Crippen molar-refractivity contribution >= 4 is 23.9 Å². The second kappa shape index (κ2) is 10.0. The normalized spacial score (nSPS) is 19.7. The van der Waals surface area contributed by atoms with Crippen LogP contribution in [0.3, 0.4) is 0 Å². The molecule has 1 fully saturated rings. The molecule has 2 aliphatic heterocycles. The zero-order valence-electron chi connectivity index (χ0n) is 19.4. The van der Waals surface area contributed by atoms with Crippen LogP contribution in [-0.4, -0.2) is 78.4 Å². The molecule has 0 aromatic heterocycles. The van der Waals surface area contributed by atoms with Crippen molar-refractivity contribution in [3.05, 3.63) is 47.2 Å². The zero-order valence-corrected chi connectivity index (χ0v) is 19.4. The lowest BCUT2D eigenvalue weighted by atomic mass is 9.98. The van der Waals surface area contributed by atoms with E-state index in [2.05, 4.69) is 5.32 Å². The van der Waals surface area contributed by atoms with Crippen LogP contribution in [0.15, 0.2) is 41.6 Å². The minimum atomic E-state index is -0.946. The van der Waals surface area contributed by atoms with E-state index in [0.29, 0.717) is 11.1 Å². The first-order valence-corrected chi connectivity index (χ1v) is 10.7. The topological polar surface area (TPSA) is 114 Å². The van der Waals surface area contributed by atoms with E-state index < -0.39 is 36.1 Å². The van der Waals surface area contributed by atoms with Gasteiger partial charge in [0.15, 0.2) is 12.3 Å². The number of esters is 1. The molecule has 0 spiro atoms. The first-order chi connectivity index (χ1) is 15.7. The molecule has 0 saturated carbocycles. The molecule has 3 rings (SSSR count). The molecule has 2 aliphatic rings. The number of ether oxygens (including phenoxy) is 3. The summed E-state index contributed by atoms with van der Waals surface area (Å²) in [6, 6.07) is 7.36. The molecular formula is C23H29N3O7. The Morgan fingerprint density at radius 2 is 1.79 bits per heavy atom. The fourth-order valence-corrected chi connectivity index (χ4v) is 3.93. The van der Waals surface area contributed by atoms with E-state index in [-0.39, 0.29) is 31.0 Å². The summed E-state index contributed by atoms with van der Waals surface area (Å²) in [7, 11) is 1.20. The largest absolute Gasteiger partial charge is 0.464 e. The molecular weight excluding hydrogens is 430 g/mol. The first kappa shape index (κ1) is 24.2. The number of carbonyl (C=O) groups is 4. The number of hydrogen-bond donors (Lipinski definition) is 1. The summed E-state index contributed by atoms with van der Waals surface area (Å²) in [6.45, 7) is 7.19. The number of methoxy groups -OCH3 is 1. The van der Waals surface area contributed by atoms with Crippen molar-refractivity contribution in [3.8, 4) is 0 Å². The van der Waals surface area contributed by atoms with E-state index in [1.54, 1.807) is 35.2 Å². The number of nitrogens with zero attached hydrogens (tertiary/aromatic N) is 2. The number of amides is 3. The standard InChI is InChI=1S/C23H29N3O7/c1-13(2)25(14(3)4)23(30)33-12-16-11-32-21-17(20(28)26(21)18(16)22(29)31-5)24-19(27)15-9-7-6-8-10-15/h6-10,13-14,17,21H,11-12H2,1-5H3,(H,24,27)/t17-,21+/m1/s1. The van der Waals surface area contributed by atoms with Gasteiger partial charge in [-0.3, -0.25) is 14.5 Å². The lowest BCUT2D eigenvalue weighted by Crippen LogP contribution is -2.73. The van der Waals surface area contributed by atoms with Crippen molar-refractivity contribution in [2.24, 2.45) is 0 Å². The molecule has 178 valence electrons. The number of hydrogen-bond acceptors (Lipinski definition) is 7. The van der Waals surface area contributed by atoms with Gasteiger partial charge in [0.25, 0.3) is 11.8 Å². The van der Waals surface area contributed by atoms with Crippen molar-refractivity contribution in [1.29, 1.82) is 0 Å². The summed E-state index contributed by atoms with van der Waals surface area (Å²) in [5, 5.41) is 2.64. The fraction of sp³-hybridized carbons (Fsp3) is 0.478. The van der Waals surface area contributed by atoms with Crippen LogP contribution >= 0.6 is 0 Å². The van der Waals surface area contributed by atoms with Gasteiger partial charge in [0, 0.05) is 23.2 Å². The lowest BCUT2D eigenvalue weighted by Gasteiger charge is -2.49. The summed E-state index contributed by atoms with van der Waals surface area (Å²) in [5.74, 6) is -1.69. The van der Waals surface area contributed by atoms with E-state index in [1.807, 2.05) is 27.7 Å². The van der Waals surface area contributed by atoms with Crippen LogP contribution < -0.4 is 5.32 Å². The summed E-state index contributed by atoms with van der Waals surface area (Å²) >= 11 is 0. The van der Waals surface area contributed by atoms with Crippen molar-refractivity contribution in [2.75, 3.05) is 20.3 Å². The van der Waals surface area contributed by atoms with Crippen LogP contribution in [0.1, 0.15) is 38.1 Å². The summed E-state index contributed by atoms with van der Waals surface area (Å²) < 4.78 is 16.0. The molecule has 2 heterocycles. The number of rotatable bonds is 7. The monoisotopic (exact) mass is 459 g/mol. The number of β-lactam (4-membered cyclic amide) rings is 1. The van der Waals surface area contributed by atoms with Crippen molar-refractivity contribution in [1.82, 2.24) is 15.1 Å². The first-order valence-electron chi connectivity index (χ1n) is 10.7. The van der Waals surface area contributed by atoms with Crippen LogP contribution in [0.25, 0.3) is 0 Å². The average Bonchev–Trinajstić information content (AvgIpc) is 2.79. The third kappa shape index (κ3) is 4.85. The molecule has 33 heavy (non-hydrogen) atoms. The Labute approximate surface area is 192 Å². The highest BCUT2D eigenvalue weighted by Crippen LogP contribution is 2.33. The Hall–Kier alpha value is -3.40. The SMILES string of the molecule is COC(=O)C1=C(COC(=O)N(C(C)C)C(C)C)CO[C@H]2[C@H](NC(=O)c3ccccc3)C(=O)N12. The van der Waals surface area contributed by atoms with Gasteiger partial charge in [0.2, 0.25) is 0 Å². The molecule has 2 atom stereocenters. The summed E-state index contributed by atoms with van der Waals surface area (Å²) in [4.78, 5) is 53.0. The predicted octanol–water partition coefficient (Wildman–Crippen LogP) is 1.67. The molecule has 1 saturated heterocycles. The van der Waals surface area contributed by atoms with E-state index in [1.165, 1.54) is 7.11 Å². The maximum Gasteiger partial charge on any atom is 0.410 e. The molecule has 1 N–H and O–H groups in total. The maximum absolute atomic E-state index is 12.8. The van der Waals surface area contributed by atoms with Crippen molar-refractivity contribution in [3.63, 3.8) is 0 Å². The second-order valence-corrected chi connectivity index (χ2v) is 8.32. The van der Waals surface area contributed by atoms with E-state index in [4.69, 9.17) is 14.2 Å². The lowest BCUT2D eigenvalue weighted by molar-refractivity contribution is -0.183. The number of benzene rings is 1. The van der Waals surface area contributed by atoms with Crippen LogP contribution in [-0.2, 0) is 23.8 Å². The highest BCUT2D eigenvalue weighted by molar-refractivity contribution is 6.04. The Balaban J connectivity index is 1.75. The molecule has 1 aromatic rings. The van der Waals surface area contributed by atoms with Gasteiger partial charge in [-0.25, -0.2) is 9.59 Å². The Kier molecular flexibility index (Phi) is 7.37. The molecule has 0 bridgehead atoms. The minimum Gasteiger partial charge on any atom is -0.464 e. The molecule has 0 unspecified atom stereocenters. The van der Waals surface area contributed by atoms with Gasteiger partial charge in [-0.2, -0.15) is 0 Å². The van der Waals surface area contributed by atoms with Gasteiger partial charge in [0.05, 0.1) is 13.7 Å². The van der Waals surface area contributed by atoms with Crippen LogP contribution in [0.4, 0.5) is 4.79 Å². The fourth-order valence-electron chi connectivity index (χ4n) is 3.93. The predicted molar refractivity (Wildman–Crippen MR) is 117 cm³/mol. The van der Waals surface area contributed by atoms with Crippen LogP contribution in [0, 0.1) is 0 Å². The number of fused-ring (bicyclic) bond motifs is 1.